The van der Waals surface area contributed by atoms with Crippen LogP contribution in [0.15, 0.2) is 77.7 Å². The topological polar surface area (TPSA) is 130 Å². The summed E-state index contributed by atoms with van der Waals surface area (Å²) in [5.41, 5.74) is 0.477. The second-order valence-corrected chi connectivity index (χ2v) is 16.5. The number of methoxy groups -OCH3 is 1. The van der Waals surface area contributed by atoms with Gasteiger partial charge in [-0.2, -0.15) is 8.42 Å². The smallest absolute Gasteiger partial charge is 0.407 e. The fourth-order valence-corrected chi connectivity index (χ4v) is 9.72. The highest BCUT2D eigenvalue weighted by molar-refractivity contribution is 7.86. The lowest BCUT2D eigenvalue weighted by molar-refractivity contribution is -0.253. The molecule has 3 aromatic rings. The zero-order chi connectivity index (χ0) is 39.7. The molecule has 1 heterocycles. The lowest BCUT2D eigenvalue weighted by Gasteiger charge is -2.67. The van der Waals surface area contributed by atoms with E-state index in [2.05, 4.69) is 10.5 Å². The lowest BCUT2D eigenvalue weighted by atomic mass is 9.52. The minimum atomic E-state index is -4.06. The molecule has 0 unspecified atom stereocenters. The highest BCUT2D eigenvalue weighted by atomic mass is 32.2. The molecule has 1 N–H and O–H groups in total. The predicted octanol–water partition coefficient (Wildman–Crippen LogP) is 7.40. The number of likely N-dealkylation sites (tertiary alicyclic amines) is 1. The fourth-order valence-electron chi connectivity index (χ4n) is 8.62. The number of rotatable bonds is 19. The molecule has 4 rings (SSSR count). The third-order valence-electron chi connectivity index (χ3n) is 10.6. The van der Waals surface area contributed by atoms with Gasteiger partial charge in [-0.05, 0) is 60.6 Å². The molecule has 54 heavy (non-hydrogen) atoms. The number of hydrogen-bond acceptors (Lipinski definition) is 9. The Hall–Kier alpha value is -3.46. The Kier molecular flexibility index (Phi) is 15.2. The number of hydrogen-bond donors (Lipinski definition) is 1. The molecule has 3 aromatic carbocycles. The van der Waals surface area contributed by atoms with Gasteiger partial charge in [0.05, 0.1) is 63.2 Å². The summed E-state index contributed by atoms with van der Waals surface area (Å²) in [7, 11) is 0.885. The van der Waals surface area contributed by atoms with Crippen LogP contribution in [0.3, 0.4) is 0 Å². The highest BCUT2D eigenvalue weighted by Gasteiger charge is 2.69. The van der Waals surface area contributed by atoms with Gasteiger partial charge in [0.25, 0.3) is 10.1 Å². The van der Waals surface area contributed by atoms with Crippen molar-refractivity contribution in [1.29, 1.82) is 0 Å². The standard InChI is InChI=1S/C41H56NO10SSi/c1-28(2)40(29(3)4)41(30(5)6,50-24-25-51-53(45,46)35-20-14-31(7)15-21-35)38(37(52-54)26-42(40)39(43)44)32-16-18-34(19-17-32)49-23-11-22-48-27-33-12-9-10-13-36(33)47-8/h9-10,12-21,28-30,37-38H,11,22-27H2,1-8H3,(H,43,44)/t37-,38-,41-/m1/s1. The number of ether oxygens (including phenoxy) is 4. The normalized spacial score (nSPS) is 20.1. The van der Waals surface area contributed by atoms with Crippen LogP contribution in [0.4, 0.5) is 4.79 Å². The molecular weight excluding hydrogens is 727 g/mol. The largest absolute Gasteiger partial charge is 0.496 e. The Bertz CT molecular complexity index is 1740. The van der Waals surface area contributed by atoms with Gasteiger partial charge < -0.3 is 28.5 Å². The first-order valence-electron chi connectivity index (χ1n) is 18.5. The summed E-state index contributed by atoms with van der Waals surface area (Å²) in [5.74, 6) is 0.242. The summed E-state index contributed by atoms with van der Waals surface area (Å²) in [6.07, 6.45) is -1.08. The quantitative estimate of drug-likeness (QED) is 0.0746. The van der Waals surface area contributed by atoms with Gasteiger partial charge in [0.15, 0.2) is 0 Å². The Balaban J connectivity index is 1.61. The van der Waals surface area contributed by atoms with Crippen molar-refractivity contribution < 1.29 is 45.9 Å². The van der Waals surface area contributed by atoms with Gasteiger partial charge in [-0.25, -0.2) is 4.79 Å². The van der Waals surface area contributed by atoms with Crippen LogP contribution in [0.2, 0.25) is 0 Å². The summed E-state index contributed by atoms with van der Waals surface area (Å²) in [6.45, 7) is 15.0. The third kappa shape index (κ3) is 8.98. The molecular formula is C41H56NO10SSi. The van der Waals surface area contributed by atoms with Crippen molar-refractivity contribution in [2.24, 2.45) is 17.8 Å². The zero-order valence-corrected chi connectivity index (χ0v) is 34.6. The van der Waals surface area contributed by atoms with Crippen LogP contribution < -0.4 is 9.47 Å². The molecule has 3 radical (unpaired) electrons. The number of para-hydroxylation sites is 1. The van der Waals surface area contributed by atoms with Crippen LogP contribution in [0, 0.1) is 24.7 Å². The van der Waals surface area contributed by atoms with Crippen LogP contribution in [-0.2, 0) is 34.8 Å². The van der Waals surface area contributed by atoms with E-state index in [0.717, 1.165) is 22.4 Å². The maximum atomic E-state index is 13.2. The molecule has 0 aromatic heterocycles. The summed E-state index contributed by atoms with van der Waals surface area (Å²) < 4.78 is 62.0. The number of carboxylic acid groups (broad SMARTS) is 1. The van der Waals surface area contributed by atoms with E-state index in [4.69, 9.17) is 27.6 Å². The number of carbonyl (C=O) groups is 1. The first-order valence-corrected chi connectivity index (χ1v) is 20.3. The second-order valence-electron chi connectivity index (χ2n) is 14.7. The second kappa shape index (κ2) is 18.9. The molecule has 1 aliphatic rings. The van der Waals surface area contributed by atoms with Gasteiger partial charge in [0.2, 0.25) is 10.5 Å². The van der Waals surface area contributed by atoms with E-state index in [-0.39, 0.29) is 42.4 Å². The van der Waals surface area contributed by atoms with Crippen molar-refractivity contribution in [2.45, 2.75) is 89.6 Å². The van der Waals surface area contributed by atoms with E-state index in [1.54, 1.807) is 19.2 Å². The average Bonchev–Trinajstić information content (AvgIpc) is 3.14. The van der Waals surface area contributed by atoms with Crippen LogP contribution in [0.1, 0.15) is 70.6 Å². The van der Waals surface area contributed by atoms with Gasteiger partial charge in [-0.15, -0.1) is 0 Å². The molecule has 0 aliphatic carbocycles. The van der Waals surface area contributed by atoms with Gasteiger partial charge >= 0.3 is 6.09 Å². The molecule has 1 aliphatic heterocycles. The highest BCUT2D eigenvalue weighted by Crippen LogP contribution is 2.59. The Labute approximate surface area is 324 Å². The fraction of sp³-hybridized carbons (Fsp3) is 0.537. The summed E-state index contributed by atoms with van der Waals surface area (Å²) in [6, 6.07) is 21.9. The van der Waals surface area contributed by atoms with Crippen molar-refractivity contribution in [3.8, 4) is 11.5 Å². The Morgan fingerprint density at radius 3 is 2.11 bits per heavy atom. The first-order chi connectivity index (χ1) is 25.7. The molecule has 1 saturated heterocycles. The number of benzene rings is 3. The van der Waals surface area contributed by atoms with Crippen molar-refractivity contribution in [1.82, 2.24) is 4.90 Å². The van der Waals surface area contributed by atoms with Gasteiger partial charge in [-0.3, -0.25) is 9.08 Å². The monoisotopic (exact) mass is 782 g/mol. The summed E-state index contributed by atoms with van der Waals surface area (Å²) in [5, 5.41) is 10.8. The Morgan fingerprint density at radius 2 is 1.54 bits per heavy atom. The molecule has 0 spiro atoms. The van der Waals surface area contributed by atoms with Crippen LogP contribution in [-0.4, -0.2) is 92.3 Å². The van der Waals surface area contributed by atoms with Crippen molar-refractivity contribution in [3.05, 3.63) is 89.5 Å². The molecule has 0 bridgehead atoms. The van der Waals surface area contributed by atoms with E-state index < -0.39 is 39.4 Å². The molecule has 295 valence electrons. The van der Waals surface area contributed by atoms with Crippen LogP contribution in [0.5, 0.6) is 11.5 Å². The SMILES string of the molecule is COc1ccccc1COCCCOc1ccc([C@@H]2[C@H](O[Si])CN(C(=O)O)C(C(C)C)(C(C)C)[C@@]2(OCCOS(=O)(=O)c2ccc(C)cc2)C(C)C)cc1. The van der Waals surface area contributed by atoms with E-state index in [0.29, 0.717) is 32.0 Å². The molecule has 11 nitrogen and oxygen atoms in total. The average molecular weight is 783 g/mol. The first kappa shape index (κ1) is 43.3. The zero-order valence-electron chi connectivity index (χ0n) is 32.7. The molecule has 1 fully saturated rings. The van der Waals surface area contributed by atoms with E-state index in [1.165, 1.54) is 17.0 Å². The molecule has 13 heteroatoms. The van der Waals surface area contributed by atoms with Gasteiger partial charge in [0.1, 0.15) is 17.1 Å². The Morgan fingerprint density at radius 1 is 0.889 bits per heavy atom. The molecule has 3 atom stereocenters. The maximum absolute atomic E-state index is 13.2. The number of nitrogens with zero attached hydrogens (tertiary/aromatic N) is 1. The van der Waals surface area contributed by atoms with Crippen molar-refractivity contribution in [3.63, 3.8) is 0 Å². The third-order valence-corrected chi connectivity index (χ3v) is 12.3. The summed E-state index contributed by atoms with van der Waals surface area (Å²) >= 11 is 0. The number of aryl methyl sites for hydroxylation is 1. The summed E-state index contributed by atoms with van der Waals surface area (Å²) in [4.78, 5) is 14.7. The van der Waals surface area contributed by atoms with E-state index >= 15 is 0 Å². The van der Waals surface area contributed by atoms with Crippen LogP contribution >= 0.6 is 0 Å². The lowest BCUT2D eigenvalue weighted by Crippen LogP contribution is -2.80. The molecule has 1 amide bonds. The van der Waals surface area contributed by atoms with Crippen molar-refractivity contribution in [2.75, 3.05) is 40.1 Å². The van der Waals surface area contributed by atoms with E-state index in [9.17, 15) is 18.3 Å². The number of piperidine rings is 1. The minimum Gasteiger partial charge on any atom is -0.496 e. The number of amides is 1. The minimum absolute atomic E-state index is 0.0492. The van der Waals surface area contributed by atoms with E-state index in [1.807, 2.05) is 97.0 Å². The van der Waals surface area contributed by atoms with Crippen molar-refractivity contribution >= 4 is 26.7 Å². The van der Waals surface area contributed by atoms with Gasteiger partial charge in [-0.1, -0.05) is 89.6 Å². The van der Waals surface area contributed by atoms with Gasteiger partial charge in [0, 0.05) is 17.9 Å². The van der Waals surface area contributed by atoms with Crippen LogP contribution in [0.25, 0.3) is 0 Å². The molecule has 0 saturated carbocycles. The predicted molar refractivity (Wildman–Crippen MR) is 208 cm³/mol. The maximum Gasteiger partial charge on any atom is 0.407 e.